The Balaban J connectivity index is 2.36. The number of rotatable bonds is 6. The number of carbonyl (C=O) groups excluding carboxylic acids is 1. The average Bonchev–Trinajstić information content (AvgIpc) is 2.61. The molecule has 0 unspecified atom stereocenters. The van der Waals surface area contributed by atoms with Crippen molar-refractivity contribution in [3.63, 3.8) is 0 Å². The van der Waals surface area contributed by atoms with Gasteiger partial charge in [-0.25, -0.2) is 0 Å². The molecule has 0 atom stereocenters. The summed E-state index contributed by atoms with van der Waals surface area (Å²) in [5, 5.41) is 0.728. The van der Waals surface area contributed by atoms with Gasteiger partial charge in [-0.3, -0.25) is 4.79 Å². The molecule has 0 heterocycles. The lowest BCUT2D eigenvalue weighted by Gasteiger charge is -2.12. The second kappa shape index (κ2) is 8.08. The zero-order chi connectivity index (χ0) is 17.7. The summed E-state index contributed by atoms with van der Waals surface area (Å²) in [6.07, 6.45) is 3.05. The largest absolute Gasteiger partial charge is 0.496 e. The minimum atomic E-state index is -0.214. The molecule has 2 aromatic rings. The fourth-order valence-electron chi connectivity index (χ4n) is 2.10. The van der Waals surface area contributed by atoms with Crippen molar-refractivity contribution in [3.8, 4) is 17.2 Å². The first-order valence-electron chi connectivity index (χ1n) is 6.97. The molecule has 0 radical (unpaired) electrons. The van der Waals surface area contributed by atoms with Crippen molar-refractivity contribution < 1.29 is 19.0 Å². The molecule has 2 aromatic carbocycles. The van der Waals surface area contributed by atoms with Crippen LogP contribution in [0.3, 0.4) is 0 Å². The van der Waals surface area contributed by atoms with Crippen molar-refractivity contribution in [1.82, 2.24) is 0 Å². The molecular formula is C18H16Cl2O4. The molecule has 0 spiro atoms. The van der Waals surface area contributed by atoms with Crippen LogP contribution in [-0.4, -0.2) is 27.1 Å². The van der Waals surface area contributed by atoms with Crippen molar-refractivity contribution in [2.45, 2.75) is 0 Å². The molecule has 0 aliphatic heterocycles. The molecule has 6 heteroatoms. The van der Waals surface area contributed by atoms with E-state index in [9.17, 15) is 4.79 Å². The van der Waals surface area contributed by atoms with E-state index in [1.54, 1.807) is 37.5 Å². The molecule has 0 bridgehead atoms. The summed E-state index contributed by atoms with van der Waals surface area (Å²) in [5.74, 6) is 1.44. The lowest BCUT2D eigenvalue weighted by atomic mass is 10.1. The molecule has 2 rings (SSSR count). The number of carbonyl (C=O) groups is 1. The van der Waals surface area contributed by atoms with Gasteiger partial charge >= 0.3 is 0 Å². The number of benzene rings is 2. The van der Waals surface area contributed by atoms with Gasteiger partial charge in [0.25, 0.3) is 0 Å². The number of halogens is 2. The van der Waals surface area contributed by atoms with E-state index in [1.165, 1.54) is 26.4 Å². The van der Waals surface area contributed by atoms with E-state index >= 15 is 0 Å². The molecule has 0 aromatic heterocycles. The molecule has 0 aliphatic carbocycles. The van der Waals surface area contributed by atoms with Crippen LogP contribution in [-0.2, 0) is 0 Å². The maximum absolute atomic E-state index is 12.3. The van der Waals surface area contributed by atoms with Crippen LogP contribution in [0.1, 0.15) is 15.9 Å². The monoisotopic (exact) mass is 366 g/mol. The van der Waals surface area contributed by atoms with Gasteiger partial charge in [0.05, 0.1) is 36.9 Å². The number of ether oxygens (including phenoxy) is 3. The van der Waals surface area contributed by atoms with E-state index in [4.69, 9.17) is 37.4 Å². The standard InChI is InChI=1S/C18H16Cl2O4/c1-22-12-9-17(23-2)13(18(10-12)24-3)5-7-16(21)11-4-6-14(19)15(20)8-11/h4-10H,1-3H3/b7-5+. The second-order valence-electron chi connectivity index (χ2n) is 4.77. The summed E-state index contributed by atoms with van der Waals surface area (Å²) in [6, 6.07) is 8.15. The molecular weight excluding hydrogens is 351 g/mol. The van der Waals surface area contributed by atoms with Gasteiger partial charge in [0, 0.05) is 17.7 Å². The van der Waals surface area contributed by atoms with Crippen LogP contribution in [0, 0.1) is 0 Å². The molecule has 0 amide bonds. The van der Waals surface area contributed by atoms with E-state index in [1.807, 2.05) is 0 Å². The molecule has 126 valence electrons. The van der Waals surface area contributed by atoms with Gasteiger partial charge in [-0.15, -0.1) is 0 Å². The van der Waals surface area contributed by atoms with Crippen LogP contribution in [0.4, 0.5) is 0 Å². The Morgan fingerprint density at radius 3 is 2.04 bits per heavy atom. The van der Waals surface area contributed by atoms with Gasteiger partial charge in [0.2, 0.25) is 0 Å². The Bertz CT molecular complexity index is 760. The highest BCUT2D eigenvalue weighted by Gasteiger charge is 2.12. The first-order chi connectivity index (χ1) is 11.5. The Morgan fingerprint density at radius 1 is 0.917 bits per heavy atom. The van der Waals surface area contributed by atoms with Crippen molar-refractivity contribution in [3.05, 3.63) is 57.6 Å². The summed E-state index contributed by atoms with van der Waals surface area (Å²) in [6.45, 7) is 0. The summed E-state index contributed by atoms with van der Waals surface area (Å²) in [7, 11) is 4.62. The summed E-state index contributed by atoms with van der Waals surface area (Å²) in [5.41, 5.74) is 1.07. The third-order valence-electron chi connectivity index (χ3n) is 3.36. The molecule has 0 saturated heterocycles. The zero-order valence-electron chi connectivity index (χ0n) is 13.4. The molecule has 0 fully saturated rings. The quantitative estimate of drug-likeness (QED) is 0.537. The zero-order valence-corrected chi connectivity index (χ0v) is 14.9. The fourth-order valence-corrected chi connectivity index (χ4v) is 2.40. The maximum atomic E-state index is 12.3. The van der Waals surface area contributed by atoms with Crippen molar-refractivity contribution in [2.75, 3.05) is 21.3 Å². The highest BCUT2D eigenvalue weighted by Crippen LogP contribution is 2.35. The van der Waals surface area contributed by atoms with Gasteiger partial charge < -0.3 is 14.2 Å². The van der Waals surface area contributed by atoms with Crippen LogP contribution in [0.2, 0.25) is 10.0 Å². The normalized spacial score (nSPS) is 10.7. The second-order valence-corrected chi connectivity index (χ2v) is 5.59. The van der Waals surface area contributed by atoms with Crippen molar-refractivity contribution in [1.29, 1.82) is 0 Å². The van der Waals surface area contributed by atoms with E-state index in [0.29, 0.717) is 38.4 Å². The number of hydrogen-bond donors (Lipinski definition) is 0. The molecule has 0 aliphatic rings. The minimum Gasteiger partial charge on any atom is -0.496 e. The Labute approximate surface area is 150 Å². The van der Waals surface area contributed by atoms with Crippen LogP contribution in [0.5, 0.6) is 17.2 Å². The molecule has 0 N–H and O–H groups in total. The summed E-state index contributed by atoms with van der Waals surface area (Å²) in [4.78, 5) is 12.3. The third kappa shape index (κ3) is 4.02. The highest BCUT2D eigenvalue weighted by molar-refractivity contribution is 6.42. The van der Waals surface area contributed by atoms with Crippen LogP contribution in [0.15, 0.2) is 36.4 Å². The lowest BCUT2D eigenvalue weighted by molar-refractivity contribution is 0.104. The van der Waals surface area contributed by atoms with Crippen LogP contribution < -0.4 is 14.2 Å². The van der Waals surface area contributed by atoms with E-state index in [0.717, 1.165) is 0 Å². The first kappa shape index (κ1) is 18.2. The topological polar surface area (TPSA) is 44.8 Å². The first-order valence-corrected chi connectivity index (χ1v) is 7.73. The van der Waals surface area contributed by atoms with Gasteiger partial charge in [0.1, 0.15) is 17.2 Å². The SMILES string of the molecule is COc1cc(OC)c(/C=C/C(=O)c2ccc(Cl)c(Cl)c2)c(OC)c1. The fraction of sp³-hybridized carbons (Fsp3) is 0.167. The summed E-state index contributed by atoms with van der Waals surface area (Å²) >= 11 is 11.8. The molecule has 24 heavy (non-hydrogen) atoms. The van der Waals surface area contributed by atoms with E-state index in [2.05, 4.69) is 0 Å². The maximum Gasteiger partial charge on any atom is 0.185 e. The third-order valence-corrected chi connectivity index (χ3v) is 4.10. The predicted molar refractivity (Wildman–Crippen MR) is 95.9 cm³/mol. The number of ketones is 1. The molecule has 4 nitrogen and oxygen atoms in total. The summed E-state index contributed by atoms with van der Waals surface area (Å²) < 4.78 is 15.9. The highest BCUT2D eigenvalue weighted by atomic mass is 35.5. The molecule has 0 saturated carbocycles. The smallest absolute Gasteiger partial charge is 0.185 e. The van der Waals surface area contributed by atoms with Gasteiger partial charge in [-0.05, 0) is 30.4 Å². The van der Waals surface area contributed by atoms with Crippen molar-refractivity contribution in [2.24, 2.45) is 0 Å². The number of allylic oxidation sites excluding steroid dienone is 1. The number of hydrogen-bond acceptors (Lipinski definition) is 4. The van der Waals surface area contributed by atoms with Crippen LogP contribution >= 0.6 is 23.2 Å². The van der Waals surface area contributed by atoms with E-state index < -0.39 is 0 Å². The predicted octanol–water partition coefficient (Wildman–Crippen LogP) is 4.92. The minimum absolute atomic E-state index is 0.214. The Morgan fingerprint density at radius 2 is 1.54 bits per heavy atom. The lowest BCUT2D eigenvalue weighted by Crippen LogP contribution is -1.97. The Kier molecular flexibility index (Phi) is 6.12. The van der Waals surface area contributed by atoms with Gasteiger partial charge in [0.15, 0.2) is 5.78 Å². The van der Waals surface area contributed by atoms with E-state index in [-0.39, 0.29) is 5.78 Å². The number of methoxy groups -OCH3 is 3. The van der Waals surface area contributed by atoms with Gasteiger partial charge in [-0.2, -0.15) is 0 Å². The van der Waals surface area contributed by atoms with Gasteiger partial charge in [-0.1, -0.05) is 23.2 Å². The van der Waals surface area contributed by atoms with Crippen LogP contribution in [0.25, 0.3) is 6.08 Å². The van der Waals surface area contributed by atoms with Crippen molar-refractivity contribution >= 4 is 35.1 Å². The Hall–Kier alpha value is -2.17. The average molecular weight is 367 g/mol.